The van der Waals surface area contributed by atoms with Crippen LogP contribution >= 0.6 is 0 Å². The van der Waals surface area contributed by atoms with Crippen molar-refractivity contribution in [3.63, 3.8) is 0 Å². The van der Waals surface area contributed by atoms with Crippen molar-refractivity contribution in [1.82, 2.24) is 15.2 Å². The van der Waals surface area contributed by atoms with Gasteiger partial charge >= 0.3 is 5.69 Å². The SMILES string of the molecule is CCOc1ccccc1NCC(O)Cc1n[nH]c(=O)[nH]1. The first-order chi connectivity index (χ1) is 9.69. The van der Waals surface area contributed by atoms with E-state index in [1.165, 1.54) is 0 Å². The predicted molar refractivity (Wildman–Crippen MR) is 75.0 cm³/mol. The quantitative estimate of drug-likeness (QED) is 0.591. The molecule has 2 aromatic rings. The Labute approximate surface area is 116 Å². The molecule has 0 bridgehead atoms. The number of nitrogens with zero attached hydrogens (tertiary/aromatic N) is 1. The smallest absolute Gasteiger partial charge is 0.340 e. The highest BCUT2D eigenvalue weighted by Gasteiger charge is 2.10. The van der Waals surface area contributed by atoms with Crippen molar-refractivity contribution < 1.29 is 9.84 Å². The molecule has 0 aliphatic rings. The standard InChI is InChI=1S/C13H18N4O3/c1-2-20-11-6-4-3-5-10(11)14-8-9(18)7-12-15-13(19)17-16-12/h3-6,9,14,18H,2,7-8H2,1H3,(H2,15,16,17,19). The summed E-state index contributed by atoms with van der Waals surface area (Å²) in [5.41, 5.74) is 0.450. The van der Waals surface area contributed by atoms with E-state index in [1.807, 2.05) is 31.2 Å². The van der Waals surface area contributed by atoms with Gasteiger partial charge in [-0.3, -0.25) is 4.98 Å². The third-order valence-corrected chi connectivity index (χ3v) is 2.69. The Kier molecular flexibility index (Phi) is 4.78. The number of aliphatic hydroxyl groups excluding tert-OH is 1. The van der Waals surface area contributed by atoms with Crippen molar-refractivity contribution in [2.75, 3.05) is 18.5 Å². The van der Waals surface area contributed by atoms with Crippen LogP contribution < -0.4 is 15.7 Å². The van der Waals surface area contributed by atoms with Crippen molar-refractivity contribution in [3.05, 3.63) is 40.6 Å². The van der Waals surface area contributed by atoms with Gasteiger partial charge in [-0.05, 0) is 19.1 Å². The number of para-hydroxylation sites is 2. The van der Waals surface area contributed by atoms with Gasteiger partial charge in [0.15, 0.2) is 0 Å². The van der Waals surface area contributed by atoms with Gasteiger partial charge in [0.2, 0.25) is 0 Å². The Morgan fingerprint density at radius 3 is 2.95 bits per heavy atom. The predicted octanol–water partition coefficient (Wildman–Crippen LogP) is 0.512. The van der Waals surface area contributed by atoms with Crippen molar-refractivity contribution in [3.8, 4) is 5.75 Å². The molecule has 0 spiro atoms. The van der Waals surface area contributed by atoms with Gasteiger partial charge in [-0.1, -0.05) is 12.1 Å². The maximum Gasteiger partial charge on any atom is 0.340 e. The van der Waals surface area contributed by atoms with Gasteiger partial charge in [-0.2, -0.15) is 5.10 Å². The number of aromatic amines is 2. The lowest BCUT2D eigenvalue weighted by Gasteiger charge is -2.14. The van der Waals surface area contributed by atoms with Crippen LogP contribution in [0.3, 0.4) is 0 Å². The summed E-state index contributed by atoms with van der Waals surface area (Å²) in [7, 11) is 0. The second kappa shape index (κ2) is 6.76. The van der Waals surface area contributed by atoms with Crippen molar-refractivity contribution in [2.24, 2.45) is 0 Å². The maximum absolute atomic E-state index is 10.9. The molecule has 1 aromatic heterocycles. The molecule has 7 nitrogen and oxygen atoms in total. The van der Waals surface area contributed by atoms with E-state index >= 15 is 0 Å². The molecular formula is C13H18N4O3. The fourth-order valence-corrected chi connectivity index (χ4v) is 1.82. The first kappa shape index (κ1) is 14.1. The molecule has 2 rings (SSSR count). The molecule has 1 atom stereocenters. The van der Waals surface area contributed by atoms with Crippen LogP contribution in [0.5, 0.6) is 5.75 Å². The van der Waals surface area contributed by atoms with Crippen LogP contribution in [0.25, 0.3) is 0 Å². The molecule has 7 heteroatoms. The molecule has 1 heterocycles. The van der Waals surface area contributed by atoms with E-state index in [2.05, 4.69) is 20.5 Å². The molecule has 0 aliphatic heterocycles. The minimum absolute atomic E-state index is 0.266. The Morgan fingerprint density at radius 2 is 2.25 bits per heavy atom. The molecule has 20 heavy (non-hydrogen) atoms. The minimum Gasteiger partial charge on any atom is -0.492 e. The molecule has 0 saturated carbocycles. The summed E-state index contributed by atoms with van der Waals surface area (Å²) in [6.45, 7) is 2.83. The van der Waals surface area contributed by atoms with Crippen molar-refractivity contribution in [1.29, 1.82) is 0 Å². The van der Waals surface area contributed by atoms with Crippen LogP contribution in [0.2, 0.25) is 0 Å². The number of aliphatic hydroxyl groups is 1. The van der Waals surface area contributed by atoms with Gasteiger partial charge in [0.05, 0.1) is 18.4 Å². The monoisotopic (exact) mass is 278 g/mol. The van der Waals surface area contributed by atoms with Gasteiger partial charge in [0, 0.05) is 13.0 Å². The second-order valence-electron chi connectivity index (χ2n) is 4.29. The van der Waals surface area contributed by atoms with Crippen molar-refractivity contribution in [2.45, 2.75) is 19.4 Å². The Bertz CT molecular complexity index is 593. The summed E-state index contributed by atoms with van der Waals surface area (Å²) in [4.78, 5) is 13.4. The number of hydrogen-bond donors (Lipinski definition) is 4. The van der Waals surface area contributed by atoms with E-state index in [-0.39, 0.29) is 12.1 Å². The highest BCUT2D eigenvalue weighted by Crippen LogP contribution is 2.23. The number of nitrogens with one attached hydrogen (secondary N) is 3. The van der Waals surface area contributed by atoms with Gasteiger partial charge in [0.1, 0.15) is 11.6 Å². The summed E-state index contributed by atoms with van der Waals surface area (Å²) in [5, 5.41) is 19.0. The Balaban J connectivity index is 1.89. The van der Waals surface area contributed by atoms with E-state index in [0.717, 1.165) is 11.4 Å². The van der Waals surface area contributed by atoms with Gasteiger partial charge < -0.3 is 15.2 Å². The minimum atomic E-state index is -0.663. The van der Waals surface area contributed by atoms with Gasteiger partial charge in [0.25, 0.3) is 0 Å². The Hall–Kier alpha value is -2.28. The average molecular weight is 278 g/mol. The average Bonchev–Trinajstić information content (AvgIpc) is 2.83. The van der Waals surface area contributed by atoms with Crippen LogP contribution in [-0.2, 0) is 6.42 Å². The summed E-state index contributed by atoms with van der Waals surface area (Å²) >= 11 is 0. The van der Waals surface area contributed by atoms with Gasteiger partial charge in [-0.25, -0.2) is 9.89 Å². The zero-order valence-corrected chi connectivity index (χ0v) is 11.2. The second-order valence-corrected chi connectivity index (χ2v) is 4.29. The fraction of sp³-hybridized carbons (Fsp3) is 0.385. The van der Waals surface area contributed by atoms with E-state index in [9.17, 15) is 9.90 Å². The van der Waals surface area contributed by atoms with E-state index in [4.69, 9.17) is 4.74 Å². The normalized spacial score (nSPS) is 12.1. The molecular weight excluding hydrogens is 260 g/mol. The molecule has 0 aliphatic carbocycles. The van der Waals surface area contributed by atoms with Crippen LogP contribution in [0.1, 0.15) is 12.7 Å². The maximum atomic E-state index is 10.9. The van der Waals surface area contributed by atoms with E-state index in [0.29, 0.717) is 19.0 Å². The van der Waals surface area contributed by atoms with Crippen LogP contribution in [-0.4, -0.2) is 39.5 Å². The highest BCUT2D eigenvalue weighted by atomic mass is 16.5. The zero-order valence-electron chi connectivity index (χ0n) is 11.2. The van der Waals surface area contributed by atoms with Crippen LogP contribution in [0, 0.1) is 0 Å². The lowest BCUT2D eigenvalue weighted by atomic mass is 10.2. The number of hydrogen-bond acceptors (Lipinski definition) is 5. The first-order valence-electron chi connectivity index (χ1n) is 6.46. The highest BCUT2D eigenvalue weighted by molar-refractivity contribution is 5.56. The first-order valence-corrected chi connectivity index (χ1v) is 6.46. The van der Waals surface area contributed by atoms with Gasteiger partial charge in [-0.15, -0.1) is 0 Å². The zero-order chi connectivity index (χ0) is 14.4. The molecule has 0 fully saturated rings. The number of anilines is 1. The van der Waals surface area contributed by atoms with Crippen molar-refractivity contribution >= 4 is 5.69 Å². The lowest BCUT2D eigenvalue weighted by Crippen LogP contribution is -2.23. The van der Waals surface area contributed by atoms with E-state index in [1.54, 1.807) is 0 Å². The molecule has 4 N–H and O–H groups in total. The summed E-state index contributed by atoms with van der Waals surface area (Å²) < 4.78 is 5.48. The number of rotatable bonds is 7. The number of H-pyrrole nitrogens is 2. The summed E-state index contributed by atoms with van der Waals surface area (Å²) in [6.07, 6.45) is -0.397. The largest absolute Gasteiger partial charge is 0.492 e. The Morgan fingerprint density at radius 1 is 1.45 bits per heavy atom. The third-order valence-electron chi connectivity index (χ3n) is 2.69. The van der Waals surface area contributed by atoms with Crippen LogP contribution in [0.4, 0.5) is 5.69 Å². The lowest BCUT2D eigenvalue weighted by molar-refractivity contribution is 0.185. The fourth-order valence-electron chi connectivity index (χ4n) is 1.82. The number of aromatic nitrogens is 3. The summed E-state index contributed by atoms with van der Waals surface area (Å²) in [5.74, 6) is 1.18. The van der Waals surface area contributed by atoms with Crippen LogP contribution in [0.15, 0.2) is 29.1 Å². The molecule has 0 amide bonds. The molecule has 1 aromatic carbocycles. The molecule has 1 unspecified atom stereocenters. The third kappa shape index (κ3) is 3.86. The molecule has 0 radical (unpaired) electrons. The topological polar surface area (TPSA) is 103 Å². The number of benzene rings is 1. The summed E-state index contributed by atoms with van der Waals surface area (Å²) in [6, 6.07) is 7.53. The number of ether oxygens (including phenoxy) is 1. The molecule has 108 valence electrons. The van der Waals surface area contributed by atoms with E-state index < -0.39 is 6.10 Å². The molecule has 0 saturated heterocycles.